The number of H-pyrrole nitrogens is 1. The van der Waals surface area contributed by atoms with Crippen molar-refractivity contribution in [1.29, 1.82) is 0 Å². The number of nitrogens with one attached hydrogen (secondary N) is 2. The van der Waals surface area contributed by atoms with Crippen molar-refractivity contribution < 1.29 is 8.42 Å². The molecule has 0 fully saturated rings. The lowest BCUT2D eigenvalue weighted by molar-refractivity contribution is 0.601. The number of sulfonamides is 1. The van der Waals surface area contributed by atoms with E-state index in [0.29, 0.717) is 28.2 Å². The minimum Gasteiger partial charge on any atom is -0.338 e. The zero-order valence-electron chi connectivity index (χ0n) is 19.6. The molecule has 5 aromatic rings. The monoisotopic (exact) mass is 487 g/mol. The molecule has 0 aliphatic carbocycles. The van der Waals surface area contributed by atoms with Gasteiger partial charge in [0, 0.05) is 12.6 Å². The van der Waals surface area contributed by atoms with E-state index in [9.17, 15) is 13.2 Å². The molecular formula is C26H25N5O3S. The third-order valence-electron chi connectivity index (χ3n) is 6.19. The average molecular weight is 488 g/mol. The Morgan fingerprint density at radius 1 is 1.00 bits per heavy atom. The van der Waals surface area contributed by atoms with Crippen molar-refractivity contribution >= 4 is 26.7 Å². The van der Waals surface area contributed by atoms with E-state index in [-0.39, 0.29) is 10.6 Å². The normalized spacial score (nSPS) is 11.7. The van der Waals surface area contributed by atoms with Gasteiger partial charge in [0.25, 0.3) is 15.6 Å². The number of hydrogen-bond acceptors (Lipinski definition) is 4. The number of aromatic amines is 1. The topological polar surface area (TPSA) is 102 Å². The van der Waals surface area contributed by atoms with E-state index in [2.05, 4.69) is 21.6 Å². The maximum atomic E-state index is 13.3. The van der Waals surface area contributed by atoms with Crippen molar-refractivity contribution in [2.24, 2.45) is 7.05 Å². The van der Waals surface area contributed by atoms with Gasteiger partial charge in [0.05, 0.1) is 27.3 Å². The first-order chi connectivity index (χ1) is 16.8. The molecule has 178 valence electrons. The largest absolute Gasteiger partial charge is 0.338 e. The summed E-state index contributed by atoms with van der Waals surface area (Å²) in [5, 5.41) is 0. The molecule has 0 saturated carbocycles. The smallest absolute Gasteiger partial charge is 0.296 e. The van der Waals surface area contributed by atoms with Crippen LogP contribution in [0.3, 0.4) is 0 Å². The van der Waals surface area contributed by atoms with Crippen LogP contribution in [-0.4, -0.2) is 27.7 Å². The highest BCUT2D eigenvalue weighted by Crippen LogP contribution is 2.25. The molecule has 0 radical (unpaired) electrons. The predicted molar refractivity (Wildman–Crippen MR) is 137 cm³/mol. The number of hydrogen-bond donors (Lipinski definition) is 2. The molecule has 0 aliphatic heterocycles. The van der Waals surface area contributed by atoms with Crippen LogP contribution in [0.1, 0.15) is 18.2 Å². The van der Waals surface area contributed by atoms with Gasteiger partial charge in [0.1, 0.15) is 11.5 Å². The zero-order chi connectivity index (χ0) is 24.7. The summed E-state index contributed by atoms with van der Waals surface area (Å²) in [5.74, 6) is 0.662. The van der Waals surface area contributed by atoms with E-state index in [4.69, 9.17) is 0 Å². The molecule has 0 saturated heterocycles. The fourth-order valence-corrected chi connectivity index (χ4v) is 5.21. The fraction of sp³-hybridized carbons (Fsp3) is 0.154. The van der Waals surface area contributed by atoms with Gasteiger partial charge >= 0.3 is 0 Å². The summed E-state index contributed by atoms with van der Waals surface area (Å²) >= 11 is 0. The summed E-state index contributed by atoms with van der Waals surface area (Å²) in [7, 11) is -2.31. The van der Waals surface area contributed by atoms with Gasteiger partial charge in [-0.1, -0.05) is 49.4 Å². The molecular weight excluding hydrogens is 462 g/mol. The first-order valence-electron chi connectivity index (χ1n) is 11.2. The Balaban J connectivity index is 1.50. The summed E-state index contributed by atoms with van der Waals surface area (Å²) in [6, 6.07) is 21.8. The standard InChI is InChI=1S/C26H25N5O3S/c1-4-18-10-12-19(13-11-18)25-27-22-15-14-21(16-23(22)28-25)35(33,34)29-24-17(2)30(3)31(26(24)32)20-8-6-5-7-9-20/h5-16,29H,4H2,1-3H3,(H,27,28). The molecule has 2 N–H and O–H groups in total. The SMILES string of the molecule is CCc1ccc(-c2nc3ccc(S(=O)(=O)Nc4c(C)n(C)n(-c5ccccc5)c4=O)cc3[nH]2)cc1. The molecule has 3 aromatic carbocycles. The highest BCUT2D eigenvalue weighted by atomic mass is 32.2. The molecule has 2 aromatic heterocycles. The number of fused-ring (bicyclic) bond motifs is 1. The molecule has 9 heteroatoms. The van der Waals surface area contributed by atoms with Crippen molar-refractivity contribution in [3.8, 4) is 17.1 Å². The zero-order valence-corrected chi connectivity index (χ0v) is 20.4. The van der Waals surface area contributed by atoms with Crippen molar-refractivity contribution in [2.45, 2.75) is 25.2 Å². The number of para-hydroxylation sites is 1. The lowest BCUT2D eigenvalue weighted by Crippen LogP contribution is -2.23. The maximum Gasteiger partial charge on any atom is 0.296 e. The lowest BCUT2D eigenvalue weighted by atomic mass is 10.1. The second-order valence-electron chi connectivity index (χ2n) is 8.36. The van der Waals surface area contributed by atoms with Crippen molar-refractivity contribution in [3.05, 3.63) is 94.4 Å². The van der Waals surface area contributed by atoms with Gasteiger partial charge in [-0.15, -0.1) is 0 Å². The van der Waals surface area contributed by atoms with E-state index in [1.807, 2.05) is 42.5 Å². The van der Waals surface area contributed by atoms with Gasteiger partial charge in [-0.3, -0.25) is 14.2 Å². The molecule has 8 nitrogen and oxygen atoms in total. The van der Waals surface area contributed by atoms with E-state index < -0.39 is 15.6 Å². The predicted octanol–water partition coefficient (Wildman–Crippen LogP) is 4.39. The van der Waals surface area contributed by atoms with Crippen LogP contribution in [0.15, 0.2) is 82.5 Å². The number of imidazole rings is 1. The van der Waals surface area contributed by atoms with E-state index in [1.54, 1.807) is 36.9 Å². The van der Waals surface area contributed by atoms with E-state index in [1.165, 1.54) is 22.4 Å². The van der Waals surface area contributed by atoms with Crippen LogP contribution in [0.4, 0.5) is 5.69 Å². The number of rotatable bonds is 6. The van der Waals surface area contributed by atoms with Crippen molar-refractivity contribution in [1.82, 2.24) is 19.3 Å². The van der Waals surface area contributed by atoms with Crippen LogP contribution in [0, 0.1) is 6.92 Å². The number of anilines is 1. The van der Waals surface area contributed by atoms with Crippen molar-refractivity contribution in [2.75, 3.05) is 4.72 Å². The maximum absolute atomic E-state index is 13.3. The van der Waals surface area contributed by atoms with Crippen LogP contribution in [0.2, 0.25) is 0 Å². The van der Waals surface area contributed by atoms with Gasteiger partial charge in [0.2, 0.25) is 0 Å². The molecule has 35 heavy (non-hydrogen) atoms. The third kappa shape index (κ3) is 4.04. The van der Waals surface area contributed by atoms with Crippen LogP contribution in [0.5, 0.6) is 0 Å². The molecule has 0 unspecified atom stereocenters. The molecule has 0 amide bonds. The second-order valence-corrected chi connectivity index (χ2v) is 10.0. The quantitative estimate of drug-likeness (QED) is 0.371. The Kier molecular flexibility index (Phi) is 5.56. The summed E-state index contributed by atoms with van der Waals surface area (Å²) < 4.78 is 32.1. The first-order valence-corrected chi connectivity index (χ1v) is 12.7. The minimum atomic E-state index is -4.02. The fourth-order valence-electron chi connectivity index (χ4n) is 4.07. The second kappa shape index (κ2) is 8.59. The van der Waals surface area contributed by atoms with E-state index >= 15 is 0 Å². The summed E-state index contributed by atoms with van der Waals surface area (Å²) in [6.45, 7) is 3.80. The van der Waals surface area contributed by atoms with Crippen LogP contribution in [-0.2, 0) is 23.5 Å². The average Bonchev–Trinajstić information content (AvgIpc) is 3.39. The Morgan fingerprint density at radius 3 is 2.40 bits per heavy atom. The van der Waals surface area contributed by atoms with Gasteiger partial charge < -0.3 is 4.98 Å². The minimum absolute atomic E-state index is 0.0118. The van der Waals surface area contributed by atoms with Crippen molar-refractivity contribution in [3.63, 3.8) is 0 Å². The molecule has 5 rings (SSSR count). The summed E-state index contributed by atoms with van der Waals surface area (Å²) in [4.78, 5) is 21.0. The molecule has 0 atom stereocenters. The van der Waals surface area contributed by atoms with E-state index in [0.717, 1.165) is 12.0 Å². The van der Waals surface area contributed by atoms with Crippen LogP contribution >= 0.6 is 0 Å². The molecule has 2 heterocycles. The highest BCUT2D eigenvalue weighted by Gasteiger charge is 2.23. The number of aromatic nitrogens is 4. The number of benzene rings is 3. The first kappa shape index (κ1) is 22.7. The Labute approximate surface area is 202 Å². The Hall–Kier alpha value is -4.11. The Morgan fingerprint density at radius 2 is 1.71 bits per heavy atom. The van der Waals surface area contributed by atoms with Gasteiger partial charge in [-0.05, 0) is 49.2 Å². The lowest BCUT2D eigenvalue weighted by Gasteiger charge is -2.07. The van der Waals surface area contributed by atoms with Gasteiger partial charge in [0.15, 0.2) is 0 Å². The number of aryl methyl sites for hydroxylation is 1. The van der Waals surface area contributed by atoms with Gasteiger partial charge in [-0.2, -0.15) is 0 Å². The van der Waals surface area contributed by atoms with Crippen LogP contribution in [0.25, 0.3) is 28.1 Å². The van der Waals surface area contributed by atoms with Crippen LogP contribution < -0.4 is 10.3 Å². The Bertz CT molecular complexity index is 1700. The van der Waals surface area contributed by atoms with Gasteiger partial charge in [-0.25, -0.2) is 18.1 Å². The summed E-state index contributed by atoms with van der Waals surface area (Å²) in [6.07, 6.45) is 0.950. The molecule has 0 bridgehead atoms. The number of nitrogens with zero attached hydrogens (tertiary/aromatic N) is 3. The summed E-state index contributed by atoms with van der Waals surface area (Å²) in [5.41, 5.74) is 4.11. The highest BCUT2D eigenvalue weighted by molar-refractivity contribution is 7.92. The third-order valence-corrected chi connectivity index (χ3v) is 7.54. The molecule has 0 spiro atoms. The molecule has 0 aliphatic rings.